The van der Waals surface area contributed by atoms with Crippen LogP contribution >= 0.6 is 0 Å². The van der Waals surface area contributed by atoms with E-state index in [4.69, 9.17) is 0 Å². The molecule has 0 spiro atoms. The van der Waals surface area contributed by atoms with Crippen LogP contribution in [0.4, 0.5) is 0 Å². The summed E-state index contributed by atoms with van der Waals surface area (Å²) in [6.07, 6.45) is 4.87. The summed E-state index contributed by atoms with van der Waals surface area (Å²) in [4.78, 5) is 16.5. The van der Waals surface area contributed by atoms with Gasteiger partial charge >= 0.3 is 0 Å². The molecule has 6 nitrogen and oxygen atoms in total. The van der Waals surface area contributed by atoms with Crippen molar-refractivity contribution in [2.75, 3.05) is 0 Å². The summed E-state index contributed by atoms with van der Waals surface area (Å²) in [7, 11) is 0. The molecular formula is C18H15N5O. The van der Waals surface area contributed by atoms with Crippen LogP contribution in [-0.2, 0) is 12.8 Å². The van der Waals surface area contributed by atoms with Crippen molar-refractivity contribution in [1.29, 1.82) is 0 Å². The quantitative estimate of drug-likeness (QED) is 0.574. The van der Waals surface area contributed by atoms with Gasteiger partial charge < -0.3 is 0 Å². The molecule has 0 saturated carbocycles. The molecule has 118 valence electrons. The van der Waals surface area contributed by atoms with Crippen molar-refractivity contribution >= 4 is 12.1 Å². The lowest BCUT2D eigenvalue weighted by Crippen LogP contribution is -2.20. The number of carbonyl (C=O) groups excluding carboxylic acids is 1. The van der Waals surface area contributed by atoms with E-state index in [9.17, 15) is 4.79 Å². The zero-order chi connectivity index (χ0) is 16.4. The van der Waals surface area contributed by atoms with Crippen LogP contribution in [0.15, 0.2) is 53.8 Å². The summed E-state index contributed by atoms with van der Waals surface area (Å²) >= 11 is 0. The lowest BCUT2D eigenvalue weighted by Gasteiger charge is -2.15. The van der Waals surface area contributed by atoms with E-state index in [0.29, 0.717) is 11.4 Å². The van der Waals surface area contributed by atoms with Gasteiger partial charge in [0.1, 0.15) is 5.69 Å². The molecule has 0 radical (unpaired) electrons. The summed E-state index contributed by atoms with van der Waals surface area (Å²) in [5, 5.41) is 11.1. The second-order valence-electron chi connectivity index (χ2n) is 5.54. The number of aromatic amines is 1. The first-order valence-electron chi connectivity index (χ1n) is 7.73. The first kappa shape index (κ1) is 14.3. The fourth-order valence-electron chi connectivity index (χ4n) is 2.91. The van der Waals surface area contributed by atoms with Crippen LogP contribution < -0.4 is 5.43 Å². The summed E-state index contributed by atoms with van der Waals surface area (Å²) in [5.41, 5.74) is 7.83. The minimum atomic E-state index is -0.296. The third-order valence-corrected chi connectivity index (χ3v) is 4.06. The molecule has 1 aliphatic rings. The lowest BCUT2D eigenvalue weighted by atomic mass is 9.89. The number of rotatable bonds is 3. The van der Waals surface area contributed by atoms with E-state index in [-0.39, 0.29) is 5.91 Å². The number of pyridine rings is 1. The van der Waals surface area contributed by atoms with Crippen LogP contribution in [0.3, 0.4) is 0 Å². The SMILES string of the molecule is O=C(N/N=C/c1ccccn1)c1[nH]nc2c1CCc1ccccc1-2. The van der Waals surface area contributed by atoms with Gasteiger partial charge in [-0.3, -0.25) is 14.9 Å². The van der Waals surface area contributed by atoms with Gasteiger partial charge in [-0.1, -0.05) is 30.3 Å². The Balaban J connectivity index is 1.55. The Kier molecular flexibility index (Phi) is 3.63. The Morgan fingerprint density at radius 2 is 2.04 bits per heavy atom. The summed E-state index contributed by atoms with van der Waals surface area (Å²) < 4.78 is 0. The Hall–Kier alpha value is -3.28. The van der Waals surface area contributed by atoms with Crippen molar-refractivity contribution in [3.05, 3.63) is 71.2 Å². The van der Waals surface area contributed by atoms with Crippen molar-refractivity contribution in [3.63, 3.8) is 0 Å². The maximum atomic E-state index is 12.4. The molecule has 3 aromatic rings. The number of hydrogen-bond donors (Lipinski definition) is 2. The zero-order valence-electron chi connectivity index (χ0n) is 12.9. The molecule has 6 heteroatoms. The largest absolute Gasteiger partial charge is 0.289 e. The van der Waals surface area contributed by atoms with E-state index in [1.165, 1.54) is 11.8 Å². The molecule has 2 aromatic heterocycles. The van der Waals surface area contributed by atoms with Crippen molar-refractivity contribution in [2.45, 2.75) is 12.8 Å². The molecule has 0 aliphatic heterocycles. The minimum absolute atomic E-state index is 0.296. The lowest BCUT2D eigenvalue weighted by molar-refractivity contribution is 0.0949. The molecule has 2 heterocycles. The molecule has 0 atom stereocenters. The Bertz CT molecular complexity index is 914. The number of aromatic nitrogens is 3. The number of amides is 1. The normalized spacial score (nSPS) is 12.7. The van der Waals surface area contributed by atoms with Gasteiger partial charge in [-0.05, 0) is 30.5 Å². The molecule has 0 bridgehead atoms. The van der Waals surface area contributed by atoms with Crippen LogP contribution in [0.2, 0.25) is 0 Å². The van der Waals surface area contributed by atoms with Crippen LogP contribution in [-0.4, -0.2) is 27.3 Å². The van der Waals surface area contributed by atoms with Crippen LogP contribution in [0.1, 0.15) is 27.3 Å². The third kappa shape index (κ3) is 2.58. The average molecular weight is 317 g/mol. The first-order chi connectivity index (χ1) is 11.8. The zero-order valence-corrected chi connectivity index (χ0v) is 12.9. The van der Waals surface area contributed by atoms with Gasteiger partial charge in [0.05, 0.1) is 17.6 Å². The first-order valence-corrected chi connectivity index (χ1v) is 7.73. The van der Waals surface area contributed by atoms with Gasteiger partial charge in [-0.2, -0.15) is 10.2 Å². The predicted molar refractivity (Wildman–Crippen MR) is 90.7 cm³/mol. The number of H-pyrrole nitrogens is 1. The fraction of sp³-hybridized carbons (Fsp3) is 0.111. The van der Waals surface area contributed by atoms with Crippen molar-refractivity contribution in [3.8, 4) is 11.3 Å². The molecule has 24 heavy (non-hydrogen) atoms. The maximum Gasteiger partial charge on any atom is 0.289 e. The molecule has 1 amide bonds. The Labute approximate surface area is 138 Å². The van der Waals surface area contributed by atoms with E-state index in [1.54, 1.807) is 6.20 Å². The smallest absolute Gasteiger partial charge is 0.272 e. The average Bonchev–Trinajstić information content (AvgIpc) is 3.07. The molecule has 1 aliphatic carbocycles. The molecule has 4 rings (SSSR count). The standard InChI is InChI=1S/C18H15N5O/c24-18(23-20-11-13-6-3-4-10-19-13)17-15-9-8-12-5-1-2-7-14(12)16(15)21-22-17/h1-7,10-11H,8-9H2,(H,21,22)(H,23,24)/b20-11+. The number of carbonyl (C=O) groups is 1. The van der Waals surface area contributed by atoms with Gasteiger partial charge in [0.25, 0.3) is 5.91 Å². The van der Waals surface area contributed by atoms with Gasteiger partial charge in [0.15, 0.2) is 0 Å². The van der Waals surface area contributed by atoms with Crippen molar-refractivity contribution in [2.24, 2.45) is 5.10 Å². The monoisotopic (exact) mass is 317 g/mol. The van der Waals surface area contributed by atoms with E-state index in [1.807, 2.05) is 36.4 Å². The number of nitrogens with one attached hydrogen (secondary N) is 2. The van der Waals surface area contributed by atoms with E-state index < -0.39 is 0 Å². The second kappa shape index (κ2) is 6.08. The summed E-state index contributed by atoms with van der Waals surface area (Å²) in [5.74, 6) is -0.296. The third-order valence-electron chi connectivity index (χ3n) is 4.06. The highest BCUT2D eigenvalue weighted by atomic mass is 16.2. The molecule has 0 fully saturated rings. The van der Waals surface area contributed by atoms with Crippen molar-refractivity contribution in [1.82, 2.24) is 20.6 Å². The number of fused-ring (bicyclic) bond motifs is 3. The van der Waals surface area contributed by atoms with Gasteiger partial charge in [-0.15, -0.1) is 0 Å². The molecule has 2 N–H and O–H groups in total. The van der Waals surface area contributed by atoms with Crippen LogP contribution in [0.25, 0.3) is 11.3 Å². The molecule has 0 saturated heterocycles. The van der Waals surface area contributed by atoms with Gasteiger partial charge in [0, 0.05) is 17.3 Å². The summed E-state index contributed by atoms with van der Waals surface area (Å²) in [6.45, 7) is 0. The number of aryl methyl sites for hydroxylation is 1. The number of hydrazone groups is 1. The molecular weight excluding hydrogens is 302 g/mol. The van der Waals surface area contributed by atoms with Crippen LogP contribution in [0.5, 0.6) is 0 Å². The summed E-state index contributed by atoms with van der Waals surface area (Å²) in [6, 6.07) is 13.6. The van der Waals surface area contributed by atoms with Gasteiger partial charge in [0.2, 0.25) is 0 Å². The topological polar surface area (TPSA) is 83.0 Å². The van der Waals surface area contributed by atoms with E-state index in [2.05, 4.69) is 31.8 Å². The Morgan fingerprint density at radius 1 is 1.17 bits per heavy atom. The van der Waals surface area contributed by atoms with E-state index >= 15 is 0 Å². The molecule has 0 unspecified atom stereocenters. The number of hydrogen-bond acceptors (Lipinski definition) is 4. The number of benzene rings is 1. The molecule has 1 aromatic carbocycles. The maximum absolute atomic E-state index is 12.4. The predicted octanol–water partition coefficient (Wildman–Crippen LogP) is 2.33. The highest BCUT2D eigenvalue weighted by Gasteiger charge is 2.24. The number of nitrogens with zero attached hydrogens (tertiary/aromatic N) is 3. The minimum Gasteiger partial charge on any atom is -0.272 e. The highest BCUT2D eigenvalue weighted by molar-refractivity contribution is 5.96. The second-order valence-corrected chi connectivity index (χ2v) is 5.54. The van der Waals surface area contributed by atoms with E-state index in [0.717, 1.165) is 29.7 Å². The van der Waals surface area contributed by atoms with Crippen LogP contribution in [0, 0.1) is 0 Å². The van der Waals surface area contributed by atoms with Crippen molar-refractivity contribution < 1.29 is 4.79 Å². The highest BCUT2D eigenvalue weighted by Crippen LogP contribution is 2.33. The Morgan fingerprint density at radius 3 is 2.92 bits per heavy atom. The van der Waals surface area contributed by atoms with Gasteiger partial charge in [-0.25, -0.2) is 5.43 Å². The fourth-order valence-corrected chi connectivity index (χ4v) is 2.91.